The first kappa shape index (κ1) is 22.3. The van der Waals surface area contributed by atoms with Crippen LogP contribution in [0.2, 0.25) is 0 Å². The SMILES string of the molecule is COc1ccc(CCC(=O)N2CCN(CC(=O)Nc3ccc(Br)c(C)c3)CC2)cc1. The van der Waals surface area contributed by atoms with Crippen LogP contribution < -0.4 is 10.1 Å². The number of hydrogen-bond donors (Lipinski definition) is 1. The van der Waals surface area contributed by atoms with Crippen LogP contribution in [0.3, 0.4) is 0 Å². The second kappa shape index (κ2) is 10.6. The summed E-state index contributed by atoms with van der Waals surface area (Å²) in [5.41, 5.74) is 3.00. The van der Waals surface area contributed by atoms with Crippen LogP contribution in [0.4, 0.5) is 5.69 Å². The van der Waals surface area contributed by atoms with Crippen molar-refractivity contribution in [3.8, 4) is 5.75 Å². The largest absolute Gasteiger partial charge is 0.497 e. The van der Waals surface area contributed by atoms with E-state index in [4.69, 9.17) is 4.74 Å². The van der Waals surface area contributed by atoms with E-state index in [9.17, 15) is 9.59 Å². The Labute approximate surface area is 186 Å². The first-order valence-corrected chi connectivity index (χ1v) is 10.9. The lowest BCUT2D eigenvalue weighted by Gasteiger charge is -2.34. The van der Waals surface area contributed by atoms with E-state index in [1.165, 1.54) is 0 Å². The fourth-order valence-electron chi connectivity index (χ4n) is 3.48. The van der Waals surface area contributed by atoms with E-state index < -0.39 is 0 Å². The van der Waals surface area contributed by atoms with Crippen LogP contribution in [0.1, 0.15) is 17.5 Å². The minimum atomic E-state index is -0.0315. The van der Waals surface area contributed by atoms with Crippen LogP contribution >= 0.6 is 15.9 Å². The molecule has 0 aromatic heterocycles. The number of ether oxygens (including phenoxy) is 1. The zero-order valence-corrected chi connectivity index (χ0v) is 19.1. The zero-order chi connectivity index (χ0) is 21.5. The second-order valence-electron chi connectivity index (χ2n) is 7.52. The molecule has 2 aromatic carbocycles. The summed E-state index contributed by atoms with van der Waals surface area (Å²) >= 11 is 3.46. The Hall–Kier alpha value is -2.38. The minimum Gasteiger partial charge on any atom is -0.497 e. The van der Waals surface area contributed by atoms with Crippen LogP contribution in [0.25, 0.3) is 0 Å². The normalized spacial score (nSPS) is 14.4. The van der Waals surface area contributed by atoms with Crippen molar-refractivity contribution in [2.75, 3.05) is 45.2 Å². The Morgan fingerprint density at radius 1 is 1.07 bits per heavy atom. The van der Waals surface area contributed by atoms with Crippen LogP contribution in [0, 0.1) is 6.92 Å². The molecule has 1 N–H and O–H groups in total. The number of carbonyl (C=O) groups excluding carboxylic acids is 2. The quantitative estimate of drug-likeness (QED) is 0.668. The highest BCUT2D eigenvalue weighted by Gasteiger charge is 2.22. The Kier molecular flexibility index (Phi) is 7.87. The molecule has 3 rings (SSSR count). The lowest BCUT2D eigenvalue weighted by molar-refractivity contribution is -0.133. The van der Waals surface area contributed by atoms with Gasteiger partial charge in [-0.25, -0.2) is 0 Å². The Bertz CT molecular complexity index is 878. The van der Waals surface area contributed by atoms with Crippen molar-refractivity contribution in [1.82, 2.24) is 9.80 Å². The molecule has 1 saturated heterocycles. The topological polar surface area (TPSA) is 61.9 Å². The summed E-state index contributed by atoms with van der Waals surface area (Å²) in [6.45, 7) is 5.06. The molecule has 2 amide bonds. The molecule has 7 heteroatoms. The molecular weight excluding hydrogens is 446 g/mol. The number of halogens is 1. The summed E-state index contributed by atoms with van der Waals surface area (Å²) in [6.07, 6.45) is 1.22. The molecule has 160 valence electrons. The minimum absolute atomic E-state index is 0.0315. The van der Waals surface area contributed by atoms with Gasteiger partial charge in [0.25, 0.3) is 0 Å². The number of nitrogens with one attached hydrogen (secondary N) is 1. The molecule has 1 heterocycles. The Morgan fingerprint density at radius 3 is 2.40 bits per heavy atom. The van der Waals surface area contributed by atoms with Crippen molar-refractivity contribution >= 4 is 33.4 Å². The molecule has 1 fully saturated rings. The molecule has 30 heavy (non-hydrogen) atoms. The Morgan fingerprint density at radius 2 is 1.77 bits per heavy atom. The van der Waals surface area contributed by atoms with Crippen LogP contribution in [-0.4, -0.2) is 61.4 Å². The summed E-state index contributed by atoms with van der Waals surface area (Å²) in [5, 5.41) is 2.95. The molecule has 0 saturated carbocycles. The van der Waals surface area contributed by atoms with Crippen molar-refractivity contribution in [2.45, 2.75) is 19.8 Å². The standard InChI is InChI=1S/C23H28BrN3O3/c1-17-15-19(6-9-21(17)24)25-22(28)16-26-11-13-27(14-12-26)23(29)10-5-18-3-7-20(30-2)8-4-18/h3-4,6-9,15H,5,10-14,16H2,1-2H3,(H,25,28). The monoisotopic (exact) mass is 473 g/mol. The molecule has 0 spiro atoms. The van der Waals surface area contributed by atoms with Crippen molar-refractivity contribution in [3.05, 3.63) is 58.1 Å². The van der Waals surface area contributed by atoms with Crippen molar-refractivity contribution in [3.63, 3.8) is 0 Å². The predicted octanol–water partition coefficient (Wildman–Crippen LogP) is 3.48. The summed E-state index contributed by atoms with van der Waals surface area (Å²) in [6, 6.07) is 13.6. The first-order chi connectivity index (χ1) is 14.4. The maximum absolute atomic E-state index is 12.5. The lowest BCUT2D eigenvalue weighted by atomic mass is 10.1. The van der Waals surface area contributed by atoms with Gasteiger partial charge in [-0.3, -0.25) is 14.5 Å². The number of hydrogen-bond acceptors (Lipinski definition) is 4. The maximum atomic E-state index is 12.5. The number of piperazine rings is 1. The fraction of sp³-hybridized carbons (Fsp3) is 0.391. The van der Waals surface area contributed by atoms with Gasteiger partial charge in [0.2, 0.25) is 11.8 Å². The second-order valence-corrected chi connectivity index (χ2v) is 8.37. The number of carbonyl (C=O) groups is 2. The van der Waals surface area contributed by atoms with Crippen LogP contribution in [0.5, 0.6) is 5.75 Å². The molecule has 1 aliphatic heterocycles. The van der Waals surface area contributed by atoms with Crippen LogP contribution in [0.15, 0.2) is 46.9 Å². The molecule has 0 unspecified atom stereocenters. The van der Waals surface area contributed by atoms with Crippen molar-refractivity contribution in [1.29, 1.82) is 0 Å². The molecule has 1 aliphatic rings. The molecule has 6 nitrogen and oxygen atoms in total. The summed E-state index contributed by atoms with van der Waals surface area (Å²) < 4.78 is 6.18. The third-order valence-corrected chi connectivity index (χ3v) is 6.21. The van der Waals surface area contributed by atoms with E-state index >= 15 is 0 Å². The van der Waals surface area contributed by atoms with Crippen molar-refractivity contribution < 1.29 is 14.3 Å². The molecule has 0 bridgehead atoms. The smallest absolute Gasteiger partial charge is 0.238 e. The molecule has 0 radical (unpaired) electrons. The number of amides is 2. The highest BCUT2D eigenvalue weighted by molar-refractivity contribution is 9.10. The van der Waals surface area contributed by atoms with Gasteiger partial charge in [-0.2, -0.15) is 0 Å². The number of nitrogens with zero attached hydrogens (tertiary/aromatic N) is 2. The van der Waals surface area contributed by atoms with E-state index in [2.05, 4.69) is 26.1 Å². The first-order valence-electron chi connectivity index (χ1n) is 10.1. The third-order valence-electron chi connectivity index (χ3n) is 5.32. The van der Waals surface area contributed by atoms with E-state index in [1.54, 1.807) is 7.11 Å². The Balaban J connectivity index is 1.39. The number of aryl methyl sites for hydroxylation is 2. The molecule has 2 aromatic rings. The van der Waals surface area contributed by atoms with Gasteiger partial charge in [0.15, 0.2) is 0 Å². The van der Waals surface area contributed by atoms with Gasteiger partial charge in [0.1, 0.15) is 5.75 Å². The van der Waals surface area contributed by atoms with E-state index in [0.717, 1.165) is 33.5 Å². The van der Waals surface area contributed by atoms with E-state index in [1.807, 2.05) is 54.3 Å². The molecule has 0 aliphatic carbocycles. The number of methoxy groups -OCH3 is 1. The van der Waals surface area contributed by atoms with Gasteiger partial charge in [-0.15, -0.1) is 0 Å². The van der Waals surface area contributed by atoms with E-state index in [0.29, 0.717) is 39.1 Å². The maximum Gasteiger partial charge on any atom is 0.238 e. The summed E-state index contributed by atoms with van der Waals surface area (Å²) in [4.78, 5) is 28.9. The molecular formula is C23H28BrN3O3. The summed E-state index contributed by atoms with van der Waals surface area (Å²) in [5.74, 6) is 0.955. The fourth-order valence-corrected chi connectivity index (χ4v) is 3.73. The van der Waals surface area contributed by atoms with Crippen molar-refractivity contribution in [2.24, 2.45) is 0 Å². The van der Waals surface area contributed by atoms with Gasteiger partial charge in [-0.1, -0.05) is 28.1 Å². The van der Waals surface area contributed by atoms with Gasteiger partial charge in [-0.05, 0) is 54.8 Å². The number of benzene rings is 2. The third kappa shape index (κ3) is 6.31. The van der Waals surface area contributed by atoms with Gasteiger partial charge in [0, 0.05) is 42.8 Å². The average molecular weight is 474 g/mol. The molecule has 0 atom stereocenters. The lowest BCUT2D eigenvalue weighted by Crippen LogP contribution is -2.50. The highest BCUT2D eigenvalue weighted by Crippen LogP contribution is 2.20. The van der Waals surface area contributed by atoms with Gasteiger partial charge in [0.05, 0.1) is 13.7 Å². The number of rotatable bonds is 7. The highest BCUT2D eigenvalue weighted by atomic mass is 79.9. The predicted molar refractivity (Wildman–Crippen MR) is 122 cm³/mol. The van der Waals surface area contributed by atoms with Gasteiger partial charge >= 0.3 is 0 Å². The van der Waals surface area contributed by atoms with Crippen LogP contribution in [-0.2, 0) is 16.0 Å². The summed E-state index contributed by atoms with van der Waals surface area (Å²) in [7, 11) is 1.64. The zero-order valence-electron chi connectivity index (χ0n) is 17.5. The van der Waals surface area contributed by atoms with Gasteiger partial charge < -0.3 is 15.0 Å². The average Bonchev–Trinajstić information content (AvgIpc) is 2.75. The van der Waals surface area contributed by atoms with E-state index in [-0.39, 0.29) is 11.8 Å². The number of anilines is 1.